The van der Waals surface area contributed by atoms with E-state index in [0.29, 0.717) is 0 Å². The third-order valence-corrected chi connectivity index (χ3v) is 6.07. The molecule has 0 aromatic heterocycles. The van der Waals surface area contributed by atoms with Crippen LogP contribution in [0.1, 0.15) is 0 Å². The summed E-state index contributed by atoms with van der Waals surface area (Å²) in [6, 6.07) is 0. The Morgan fingerprint density at radius 3 is 1.62 bits per heavy atom. The Bertz CT molecular complexity index is 644. The molecule has 0 saturated carbocycles. The van der Waals surface area contributed by atoms with Crippen molar-refractivity contribution in [2.24, 2.45) is 0 Å². The predicted molar refractivity (Wildman–Crippen MR) is 100 cm³/mol. The largest absolute Gasteiger partial charge is 0.394 e. The summed E-state index contributed by atoms with van der Waals surface area (Å²) < 4.78 is 39.4. The Balaban J connectivity index is 1.84. The first-order valence-electron chi connectivity index (χ1n) is 10.5. The zero-order valence-electron chi connectivity index (χ0n) is 17.7. The Hall–Kier alpha value is -0.670. The molecular formula is C18H31FO15. The fraction of sp³-hybridized carbons (Fsp3) is 1.00. The van der Waals surface area contributed by atoms with Crippen LogP contribution in [0.2, 0.25) is 0 Å². The van der Waals surface area contributed by atoms with E-state index in [2.05, 4.69) is 0 Å². The average Bonchev–Trinajstić information content (AvgIpc) is 2.83. The topological polar surface area (TPSA) is 248 Å². The minimum absolute atomic E-state index is 0.785. The van der Waals surface area contributed by atoms with E-state index < -0.39 is 112 Å². The van der Waals surface area contributed by atoms with Crippen molar-refractivity contribution < 1.29 is 79.1 Å². The lowest BCUT2D eigenvalue weighted by Crippen LogP contribution is -2.66. The maximum atomic E-state index is 13.2. The minimum atomic E-state index is -1.97. The zero-order valence-corrected chi connectivity index (χ0v) is 17.7. The highest BCUT2D eigenvalue weighted by Crippen LogP contribution is 2.32. The fourth-order valence-corrected chi connectivity index (χ4v) is 4.00. The normalized spacial score (nSPS) is 52.5. The van der Waals surface area contributed by atoms with Gasteiger partial charge in [-0.3, -0.25) is 0 Å². The van der Waals surface area contributed by atoms with Crippen LogP contribution >= 0.6 is 0 Å². The van der Waals surface area contributed by atoms with Crippen molar-refractivity contribution in [3.8, 4) is 0 Å². The maximum absolute atomic E-state index is 13.2. The van der Waals surface area contributed by atoms with Gasteiger partial charge in [0.2, 0.25) is 0 Å². The van der Waals surface area contributed by atoms with Crippen molar-refractivity contribution in [1.82, 2.24) is 0 Å². The monoisotopic (exact) mass is 506 g/mol. The minimum Gasteiger partial charge on any atom is -0.394 e. The van der Waals surface area contributed by atoms with Crippen molar-refractivity contribution in [3.63, 3.8) is 0 Å². The highest BCUT2D eigenvalue weighted by Gasteiger charge is 2.53. The quantitative estimate of drug-likeness (QED) is 0.154. The average molecular weight is 506 g/mol. The molecule has 3 rings (SSSR count). The molecule has 0 radical (unpaired) electrons. The Morgan fingerprint density at radius 1 is 0.529 bits per heavy atom. The van der Waals surface area contributed by atoms with Gasteiger partial charge in [0.25, 0.3) is 0 Å². The van der Waals surface area contributed by atoms with Gasteiger partial charge in [-0.1, -0.05) is 0 Å². The molecule has 15 atom stereocenters. The molecule has 1 unspecified atom stereocenters. The van der Waals surface area contributed by atoms with Crippen LogP contribution in [0, 0.1) is 0 Å². The second-order valence-corrected chi connectivity index (χ2v) is 8.31. The van der Waals surface area contributed by atoms with E-state index in [4.69, 9.17) is 23.7 Å². The lowest BCUT2D eigenvalue weighted by atomic mass is 9.96. The second kappa shape index (κ2) is 11.6. The Kier molecular flexibility index (Phi) is 9.51. The van der Waals surface area contributed by atoms with Gasteiger partial charge >= 0.3 is 0 Å². The van der Waals surface area contributed by atoms with E-state index in [1.807, 2.05) is 0 Å². The first-order chi connectivity index (χ1) is 16.0. The molecule has 0 amide bonds. The molecule has 3 aliphatic rings. The van der Waals surface area contributed by atoms with Gasteiger partial charge in [-0.2, -0.15) is 0 Å². The molecule has 0 aromatic rings. The third kappa shape index (κ3) is 5.36. The van der Waals surface area contributed by atoms with Gasteiger partial charge in [0.15, 0.2) is 18.9 Å². The lowest BCUT2D eigenvalue weighted by Gasteiger charge is -2.48. The van der Waals surface area contributed by atoms with Gasteiger partial charge in [-0.15, -0.1) is 0 Å². The van der Waals surface area contributed by atoms with Crippen LogP contribution in [-0.2, 0) is 23.7 Å². The molecule has 34 heavy (non-hydrogen) atoms. The van der Waals surface area contributed by atoms with Crippen molar-refractivity contribution in [3.05, 3.63) is 0 Å². The SMILES string of the molecule is OC[C@H]1O[C@H](O[C@@H]2[C@@H](O[C@H]3[C@H](O)[C@@H](CF)OC(O)[C@H]3O)O[C@H](CO)[C@@H](O)[C@@H]2O)[C@@H](O)[C@@H](O)[C@@H]1O. The Labute approximate surface area is 192 Å². The third-order valence-electron chi connectivity index (χ3n) is 6.07. The summed E-state index contributed by atoms with van der Waals surface area (Å²) in [5.41, 5.74) is 0. The maximum Gasteiger partial charge on any atom is 0.187 e. The Morgan fingerprint density at radius 2 is 1.06 bits per heavy atom. The van der Waals surface area contributed by atoms with Gasteiger partial charge in [0, 0.05) is 0 Å². The number of aliphatic hydroxyl groups excluding tert-OH is 10. The number of rotatable bonds is 7. The van der Waals surface area contributed by atoms with Gasteiger partial charge in [0.1, 0.15) is 79.9 Å². The molecular weight excluding hydrogens is 475 g/mol. The molecule has 0 spiro atoms. The fourth-order valence-electron chi connectivity index (χ4n) is 4.00. The molecule has 0 bridgehead atoms. The van der Waals surface area contributed by atoms with Gasteiger partial charge in [0.05, 0.1) is 13.2 Å². The van der Waals surface area contributed by atoms with E-state index in [1.54, 1.807) is 0 Å². The van der Waals surface area contributed by atoms with E-state index in [1.165, 1.54) is 0 Å². The number of hydrogen-bond donors (Lipinski definition) is 10. The molecule has 3 saturated heterocycles. The van der Waals surface area contributed by atoms with E-state index >= 15 is 0 Å². The van der Waals surface area contributed by atoms with Crippen LogP contribution < -0.4 is 0 Å². The molecule has 16 heteroatoms. The van der Waals surface area contributed by atoms with E-state index in [9.17, 15) is 55.5 Å². The van der Waals surface area contributed by atoms with Gasteiger partial charge in [-0.05, 0) is 0 Å². The van der Waals surface area contributed by atoms with Crippen LogP contribution in [0.4, 0.5) is 4.39 Å². The predicted octanol–water partition coefficient (Wildman–Crippen LogP) is -6.60. The van der Waals surface area contributed by atoms with Crippen molar-refractivity contribution in [2.75, 3.05) is 19.9 Å². The van der Waals surface area contributed by atoms with Crippen LogP contribution in [0.25, 0.3) is 0 Å². The zero-order chi connectivity index (χ0) is 25.3. The summed E-state index contributed by atoms with van der Waals surface area (Å²) in [7, 11) is 0. The molecule has 3 heterocycles. The standard InChI is InChI=1S/C18H31FO15/c19-1-4-9(24)14(13(28)16(29)30-4)33-18-15(11(26)8(23)6(3-21)32-18)34-17-12(27)10(25)7(22)5(2-20)31-17/h4-18,20-29H,1-3H2/t4-,5-,6-,7-,8-,9-,10+,11+,12+,13+,14+,15+,16?,17-,18-/m1/s1. The summed E-state index contributed by atoms with van der Waals surface area (Å²) in [5.74, 6) is 0. The molecule has 0 aromatic carbocycles. The van der Waals surface area contributed by atoms with Crippen LogP contribution in [0.15, 0.2) is 0 Å². The smallest absolute Gasteiger partial charge is 0.187 e. The highest BCUT2D eigenvalue weighted by atomic mass is 19.1. The lowest BCUT2D eigenvalue weighted by molar-refractivity contribution is -0.387. The first kappa shape index (κ1) is 27.9. The second-order valence-electron chi connectivity index (χ2n) is 8.31. The molecule has 200 valence electrons. The van der Waals surface area contributed by atoms with Crippen molar-refractivity contribution in [2.45, 2.75) is 92.1 Å². The summed E-state index contributed by atoms with van der Waals surface area (Å²) >= 11 is 0. The number of halogens is 1. The van der Waals surface area contributed by atoms with Crippen LogP contribution in [0.5, 0.6) is 0 Å². The summed E-state index contributed by atoms with van der Waals surface area (Å²) in [5, 5.41) is 99.9. The number of hydrogen-bond acceptors (Lipinski definition) is 15. The summed E-state index contributed by atoms with van der Waals surface area (Å²) in [6.45, 7) is -2.87. The number of aliphatic hydroxyl groups is 10. The van der Waals surface area contributed by atoms with E-state index in [0.717, 1.165) is 0 Å². The first-order valence-corrected chi connectivity index (χ1v) is 10.5. The molecule has 10 N–H and O–H groups in total. The van der Waals surface area contributed by atoms with E-state index in [-0.39, 0.29) is 0 Å². The summed E-state index contributed by atoms with van der Waals surface area (Å²) in [6.07, 6.45) is -26.5. The number of ether oxygens (including phenoxy) is 5. The molecule has 0 aliphatic carbocycles. The van der Waals surface area contributed by atoms with Gasteiger partial charge < -0.3 is 74.7 Å². The van der Waals surface area contributed by atoms with Crippen molar-refractivity contribution >= 4 is 0 Å². The van der Waals surface area contributed by atoms with Crippen molar-refractivity contribution in [1.29, 1.82) is 0 Å². The van der Waals surface area contributed by atoms with Gasteiger partial charge in [-0.25, -0.2) is 4.39 Å². The van der Waals surface area contributed by atoms with Crippen LogP contribution in [-0.4, -0.2) is 163 Å². The van der Waals surface area contributed by atoms with Crippen LogP contribution in [0.3, 0.4) is 0 Å². The molecule has 15 nitrogen and oxygen atoms in total. The summed E-state index contributed by atoms with van der Waals surface area (Å²) in [4.78, 5) is 0. The molecule has 3 aliphatic heterocycles. The molecule has 3 fully saturated rings. The number of alkyl halides is 1. The highest BCUT2D eigenvalue weighted by molar-refractivity contribution is 4.96.